The topological polar surface area (TPSA) is 96.9 Å². The third-order valence-electron chi connectivity index (χ3n) is 6.36. The van der Waals surface area contributed by atoms with E-state index in [2.05, 4.69) is 19.9 Å². The van der Waals surface area contributed by atoms with Gasteiger partial charge in [0.1, 0.15) is 11.4 Å². The largest absolute Gasteiger partial charge is 0.496 e. The molecule has 1 N–H and O–H groups in total. The molecule has 1 unspecified atom stereocenters. The molecule has 4 heterocycles. The van der Waals surface area contributed by atoms with Gasteiger partial charge in [-0.05, 0) is 43.4 Å². The second-order valence-corrected chi connectivity index (χ2v) is 8.82. The molecule has 0 radical (unpaired) electrons. The summed E-state index contributed by atoms with van der Waals surface area (Å²) in [6, 6.07) is 11.6. The van der Waals surface area contributed by atoms with Crippen molar-refractivity contribution in [2.45, 2.75) is 25.7 Å². The molecule has 0 spiro atoms. The predicted octanol–water partition coefficient (Wildman–Crippen LogP) is 3.96. The standard InChI is InChI=1S/C27H28N6O2/c1-35-25-7-3-2-6-20(25)14-22-15-21(8-9-29-22)27(34)33-12-4-5-19(18-33)13-23-16-28-17-24(32-23)26-30-10-11-31-26/h2-3,6-11,15-17,19H,4-5,12-14,18H2,1H3,(H,30,31). The van der Waals surface area contributed by atoms with E-state index >= 15 is 0 Å². The number of nitrogens with zero attached hydrogens (tertiary/aromatic N) is 5. The average molecular weight is 469 g/mol. The molecule has 8 nitrogen and oxygen atoms in total. The molecule has 1 saturated heterocycles. The fourth-order valence-electron chi connectivity index (χ4n) is 4.67. The summed E-state index contributed by atoms with van der Waals surface area (Å²) in [6.45, 7) is 1.47. The van der Waals surface area contributed by atoms with E-state index in [0.717, 1.165) is 54.2 Å². The normalized spacial score (nSPS) is 15.7. The van der Waals surface area contributed by atoms with Crippen molar-refractivity contribution in [2.75, 3.05) is 20.2 Å². The first-order chi connectivity index (χ1) is 17.2. The van der Waals surface area contributed by atoms with Crippen molar-refractivity contribution in [1.82, 2.24) is 29.8 Å². The Morgan fingerprint density at radius 2 is 2.06 bits per heavy atom. The Morgan fingerprint density at radius 1 is 1.14 bits per heavy atom. The van der Waals surface area contributed by atoms with Gasteiger partial charge in [0.05, 0.1) is 19.0 Å². The number of H-pyrrole nitrogens is 1. The van der Waals surface area contributed by atoms with E-state index in [4.69, 9.17) is 9.72 Å². The molecule has 3 aromatic heterocycles. The Balaban J connectivity index is 1.26. The third kappa shape index (κ3) is 5.37. The van der Waals surface area contributed by atoms with E-state index < -0.39 is 0 Å². The zero-order chi connectivity index (χ0) is 24.0. The van der Waals surface area contributed by atoms with Crippen molar-refractivity contribution >= 4 is 5.91 Å². The molecular formula is C27H28N6O2. The summed E-state index contributed by atoms with van der Waals surface area (Å²) in [5.41, 5.74) is 4.21. The van der Waals surface area contributed by atoms with Crippen molar-refractivity contribution < 1.29 is 9.53 Å². The number of nitrogens with one attached hydrogen (secondary N) is 1. The van der Waals surface area contributed by atoms with E-state index in [1.54, 1.807) is 44.2 Å². The van der Waals surface area contributed by atoms with Gasteiger partial charge in [-0.3, -0.25) is 14.8 Å². The van der Waals surface area contributed by atoms with Crippen molar-refractivity contribution in [1.29, 1.82) is 0 Å². The van der Waals surface area contributed by atoms with Gasteiger partial charge in [-0.25, -0.2) is 9.97 Å². The van der Waals surface area contributed by atoms with Crippen LogP contribution in [0.4, 0.5) is 0 Å². The van der Waals surface area contributed by atoms with Crippen LogP contribution in [0.5, 0.6) is 5.75 Å². The average Bonchev–Trinajstić information content (AvgIpc) is 3.44. The predicted molar refractivity (Wildman–Crippen MR) is 132 cm³/mol. The summed E-state index contributed by atoms with van der Waals surface area (Å²) in [4.78, 5) is 36.2. The minimum atomic E-state index is 0.0498. The number of benzene rings is 1. The molecule has 0 saturated carbocycles. The minimum absolute atomic E-state index is 0.0498. The first-order valence-corrected chi connectivity index (χ1v) is 11.9. The number of likely N-dealkylation sites (tertiary alicyclic amines) is 1. The molecular weight excluding hydrogens is 440 g/mol. The number of ether oxygens (including phenoxy) is 1. The van der Waals surface area contributed by atoms with Gasteiger partial charge in [0.25, 0.3) is 5.91 Å². The first-order valence-electron chi connectivity index (χ1n) is 11.9. The summed E-state index contributed by atoms with van der Waals surface area (Å²) in [5, 5.41) is 0. The van der Waals surface area contributed by atoms with Crippen molar-refractivity contribution in [2.24, 2.45) is 5.92 Å². The Labute approximate surface area is 204 Å². The SMILES string of the molecule is COc1ccccc1Cc1cc(C(=O)N2CCCC(Cc3cncc(-c4ncc[nH]4)n3)C2)ccn1. The van der Waals surface area contributed by atoms with Gasteiger partial charge in [-0.1, -0.05) is 18.2 Å². The van der Waals surface area contributed by atoms with Crippen molar-refractivity contribution in [3.8, 4) is 17.3 Å². The fourth-order valence-corrected chi connectivity index (χ4v) is 4.67. The van der Waals surface area contributed by atoms with Crippen LogP contribution in [0.25, 0.3) is 11.5 Å². The van der Waals surface area contributed by atoms with Crippen LogP contribution < -0.4 is 4.74 Å². The highest BCUT2D eigenvalue weighted by Gasteiger charge is 2.25. The number of aromatic nitrogens is 5. The summed E-state index contributed by atoms with van der Waals surface area (Å²) in [6.07, 6.45) is 12.1. The molecule has 0 aliphatic carbocycles. The number of aromatic amines is 1. The number of hydrogen-bond donors (Lipinski definition) is 1. The maximum absolute atomic E-state index is 13.4. The van der Waals surface area contributed by atoms with Crippen LogP contribution in [0.15, 0.2) is 67.4 Å². The summed E-state index contributed by atoms with van der Waals surface area (Å²) >= 11 is 0. The molecule has 35 heavy (non-hydrogen) atoms. The highest BCUT2D eigenvalue weighted by atomic mass is 16.5. The van der Waals surface area contributed by atoms with Crippen LogP contribution in [0, 0.1) is 5.92 Å². The Kier molecular flexibility index (Phi) is 6.79. The second kappa shape index (κ2) is 10.5. The lowest BCUT2D eigenvalue weighted by atomic mass is 9.93. The molecule has 178 valence electrons. The number of para-hydroxylation sites is 1. The number of rotatable bonds is 7. The van der Waals surface area contributed by atoms with E-state index in [0.29, 0.717) is 30.3 Å². The van der Waals surface area contributed by atoms with Crippen LogP contribution in [0.2, 0.25) is 0 Å². The zero-order valence-corrected chi connectivity index (χ0v) is 19.7. The monoisotopic (exact) mass is 468 g/mol. The second-order valence-electron chi connectivity index (χ2n) is 8.82. The van der Waals surface area contributed by atoms with Gasteiger partial charge in [0.2, 0.25) is 0 Å². The molecule has 5 rings (SSSR count). The summed E-state index contributed by atoms with van der Waals surface area (Å²) in [5.74, 6) is 1.92. The van der Waals surface area contributed by atoms with Crippen LogP contribution in [-0.4, -0.2) is 55.9 Å². The molecule has 1 aliphatic rings. The van der Waals surface area contributed by atoms with Gasteiger partial charge in [-0.2, -0.15) is 0 Å². The first kappa shape index (κ1) is 22.7. The quantitative estimate of drug-likeness (QED) is 0.441. The molecule has 1 aromatic carbocycles. The summed E-state index contributed by atoms with van der Waals surface area (Å²) in [7, 11) is 1.66. The van der Waals surface area contributed by atoms with Crippen LogP contribution in [0.1, 0.15) is 40.2 Å². The van der Waals surface area contributed by atoms with E-state index in [-0.39, 0.29) is 5.91 Å². The number of piperidine rings is 1. The Hall–Kier alpha value is -4.07. The number of methoxy groups -OCH3 is 1. The van der Waals surface area contributed by atoms with Gasteiger partial charge in [0, 0.05) is 61.1 Å². The zero-order valence-electron chi connectivity index (χ0n) is 19.7. The fraction of sp³-hybridized carbons (Fsp3) is 0.296. The van der Waals surface area contributed by atoms with E-state index in [1.165, 1.54) is 0 Å². The van der Waals surface area contributed by atoms with Gasteiger partial charge in [0.15, 0.2) is 5.82 Å². The van der Waals surface area contributed by atoms with Crippen LogP contribution in [0.3, 0.4) is 0 Å². The Morgan fingerprint density at radius 3 is 2.91 bits per heavy atom. The highest BCUT2D eigenvalue weighted by molar-refractivity contribution is 5.94. The summed E-state index contributed by atoms with van der Waals surface area (Å²) < 4.78 is 5.46. The van der Waals surface area contributed by atoms with Crippen molar-refractivity contribution in [3.05, 3.63) is 89.9 Å². The smallest absolute Gasteiger partial charge is 0.253 e. The molecule has 0 bridgehead atoms. The molecule has 1 fully saturated rings. The number of imidazole rings is 1. The molecule has 4 aromatic rings. The van der Waals surface area contributed by atoms with Crippen molar-refractivity contribution in [3.63, 3.8) is 0 Å². The minimum Gasteiger partial charge on any atom is -0.496 e. The number of carbonyl (C=O) groups is 1. The molecule has 8 heteroatoms. The number of hydrogen-bond acceptors (Lipinski definition) is 6. The lowest BCUT2D eigenvalue weighted by molar-refractivity contribution is 0.0672. The third-order valence-corrected chi connectivity index (χ3v) is 6.36. The lowest BCUT2D eigenvalue weighted by Crippen LogP contribution is -2.40. The molecule has 1 amide bonds. The Bertz CT molecular complexity index is 1290. The number of carbonyl (C=O) groups excluding carboxylic acids is 1. The lowest BCUT2D eigenvalue weighted by Gasteiger charge is -2.32. The van der Waals surface area contributed by atoms with Crippen LogP contribution >= 0.6 is 0 Å². The molecule has 1 aliphatic heterocycles. The maximum atomic E-state index is 13.4. The van der Waals surface area contributed by atoms with Gasteiger partial charge >= 0.3 is 0 Å². The van der Waals surface area contributed by atoms with Gasteiger partial charge in [-0.15, -0.1) is 0 Å². The number of amides is 1. The maximum Gasteiger partial charge on any atom is 0.253 e. The molecule has 1 atom stereocenters. The van der Waals surface area contributed by atoms with Crippen LogP contribution in [-0.2, 0) is 12.8 Å². The van der Waals surface area contributed by atoms with E-state index in [1.807, 2.05) is 35.2 Å². The van der Waals surface area contributed by atoms with Gasteiger partial charge < -0.3 is 14.6 Å². The number of pyridine rings is 1. The highest BCUT2D eigenvalue weighted by Crippen LogP contribution is 2.24. The van der Waals surface area contributed by atoms with E-state index in [9.17, 15) is 4.79 Å².